The fourth-order valence-electron chi connectivity index (χ4n) is 1.92. The van der Waals surface area contributed by atoms with Gasteiger partial charge in [0.2, 0.25) is 0 Å². The van der Waals surface area contributed by atoms with Crippen LogP contribution >= 0.6 is 27.5 Å². The van der Waals surface area contributed by atoms with Crippen molar-refractivity contribution >= 4 is 33.2 Å². The summed E-state index contributed by atoms with van der Waals surface area (Å²) in [6.45, 7) is 0. The van der Waals surface area contributed by atoms with E-state index in [1.807, 2.05) is 6.07 Å². The summed E-state index contributed by atoms with van der Waals surface area (Å²) < 4.78 is 15.4. The van der Waals surface area contributed by atoms with E-state index in [1.165, 1.54) is 22.9 Å². The maximum Gasteiger partial charge on any atom is 0.187 e. The maximum absolute atomic E-state index is 13.2. The van der Waals surface area contributed by atoms with Gasteiger partial charge in [0.15, 0.2) is 5.82 Å². The zero-order valence-corrected chi connectivity index (χ0v) is 12.8. The quantitative estimate of drug-likeness (QED) is 0.703. The summed E-state index contributed by atoms with van der Waals surface area (Å²) in [5.74, 6) is 0.0292. The largest absolute Gasteiger partial charge is 0.399 e. The van der Waals surface area contributed by atoms with E-state index in [0.717, 1.165) is 4.47 Å². The predicted molar refractivity (Wildman–Crippen MR) is 81.7 cm³/mol. The van der Waals surface area contributed by atoms with Crippen molar-refractivity contribution in [2.45, 2.75) is 0 Å². The van der Waals surface area contributed by atoms with E-state index in [4.69, 9.17) is 17.3 Å². The standard InChI is InChI=1S/C13H8BrClFN5/c14-8-3-7(4-10(17)5-8)13-18-19-20-21(13)12-2-1-9(16)6-11(12)15/h1-6H,17H2. The molecular weight excluding hydrogens is 361 g/mol. The molecule has 0 atom stereocenters. The average Bonchev–Trinajstić information content (AvgIpc) is 2.86. The zero-order chi connectivity index (χ0) is 15.0. The third-order valence-corrected chi connectivity index (χ3v) is 3.55. The molecule has 0 aliphatic heterocycles. The Morgan fingerprint density at radius 1 is 1.19 bits per heavy atom. The summed E-state index contributed by atoms with van der Waals surface area (Å²) in [5.41, 5.74) is 7.59. The highest BCUT2D eigenvalue weighted by molar-refractivity contribution is 9.10. The van der Waals surface area contributed by atoms with Crippen molar-refractivity contribution in [3.63, 3.8) is 0 Å². The van der Waals surface area contributed by atoms with Gasteiger partial charge in [-0.3, -0.25) is 0 Å². The fraction of sp³-hybridized carbons (Fsp3) is 0. The summed E-state index contributed by atoms with van der Waals surface area (Å²) in [7, 11) is 0. The van der Waals surface area contributed by atoms with E-state index in [1.54, 1.807) is 12.1 Å². The molecule has 1 heterocycles. The Morgan fingerprint density at radius 2 is 2.00 bits per heavy atom. The molecule has 8 heteroatoms. The molecule has 0 bridgehead atoms. The van der Waals surface area contributed by atoms with E-state index in [0.29, 0.717) is 22.8 Å². The SMILES string of the molecule is Nc1cc(Br)cc(-c2nnnn2-c2ccc(F)cc2Cl)c1. The predicted octanol–water partition coefficient (Wildman–Crippen LogP) is 3.47. The van der Waals surface area contributed by atoms with Crippen LogP contribution in [0.4, 0.5) is 10.1 Å². The highest BCUT2D eigenvalue weighted by Gasteiger charge is 2.14. The van der Waals surface area contributed by atoms with Gasteiger partial charge in [0.1, 0.15) is 5.82 Å². The van der Waals surface area contributed by atoms with Gasteiger partial charge in [0, 0.05) is 15.7 Å². The lowest BCUT2D eigenvalue weighted by atomic mass is 10.2. The number of tetrazole rings is 1. The second-order valence-electron chi connectivity index (χ2n) is 4.28. The Hall–Kier alpha value is -1.99. The minimum absolute atomic E-state index is 0.214. The van der Waals surface area contributed by atoms with Gasteiger partial charge in [-0.15, -0.1) is 5.10 Å². The molecule has 0 unspecified atom stereocenters. The number of rotatable bonds is 2. The van der Waals surface area contributed by atoms with Crippen molar-refractivity contribution < 1.29 is 4.39 Å². The molecule has 3 rings (SSSR count). The smallest absolute Gasteiger partial charge is 0.187 e. The second-order valence-corrected chi connectivity index (χ2v) is 5.61. The van der Waals surface area contributed by atoms with E-state index in [-0.39, 0.29) is 5.02 Å². The Kier molecular flexibility index (Phi) is 3.60. The van der Waals surface area contributed by atoms with E-state index >= 15 is 0 Å². The van der Waals surface area contributed by atoms with Crippen LogP contribution in [0.25, 0.3) is 17.1 Å². The van der Waals surface area contributed by atoms with Gasteiger partial charge in [0.05, 0.1) is 10.7 Å². The average molecular weight is 369 g/mol. The number of hydrogen-bond donors (Lipinski definition) is 1. The molecule has 21 heavy (non-hydrogen) atoms. The van der Waals surface area contributed by atoms with Crippen LogP contribution in [0.5, 0.6) is 0 Å². The summed E-state index contributed by atoms with van der Waals surface area (Å²) in [5, 5.41) is 11.8. The van der Waals surface area contributed by atoms with Crippen molar-refractivity contribution in [1.82, 2.24) is 20.2 Å². The van der Waals surface area contributed by atoms with Gasteiger partial charge < -0.3 is 5.73 Å². The van der Waals surface area contributed by atoms with Gasteiger partial charge >= 0.3 is 0 Å². The molecule has 106 valence electrons. The third kappa shape index (κ3) is 2.74. The first kappa shape index (κ1) is 14.0. The van der Waals surface area contributed by atoms with Crippen LogP contribution in [-0.4, -0.2) is 20.2 Å². The molecule has 0 aliphatic carbocycles. The van der Waals surface area contributed by atoms with Crippen LogP contribution in [0.2, 0.25) is 5.02 Å². The number of halogens is 3. The number of nitrogens with zero attached hydrogens (tertiary/aromatic N) is 4. The molecule has 1 aromatic heterocycles. The molecule has 0 spiro atoms. The van der Waals surface area contributed by atoms with Gasteiger partial charge in [-0.2, -0.15) is 4.68 Å². The lowest BCUT2D eigenvalue weighted by Gasteiger charge is -2.07. The zero-order valence-electron chi connectivity index (χ0n) is 10.5. The summed E-state index contributed by atoms with van der Waals surface area (Å²) in [4.78, 5) is 0. The Bertz CT molecular complexity index is 800. The lowest BCUT2D eigenvalue weighted by Crippen LogP contribution is -2.01. The fourth-order valence-corrected chi connectivity index (χ4v) is 2.68. The molecule has 2 N–H and O–H groups in total. The highest BCUT2D eigenvalue weighted by atomic mass is 79.9. The molecule has 0 saturated carbocycles. The molecule has 0 saturated heterocycles. The lowest BCUT2D eigenvalue weighted by molar-refractivity contribution is 0.627. The molecule has 2 aromatic carbocycles. The molecule has 0 fully saturated rings. The van der Waals surface area contributed by atoms with Gasteiger partial charge in [0.25, 0.3) is 0 Å². The monoisotopic (exact) mass is 367 g/mol. The Balaban J connectivity index is 2.17. The number of nitrogens with two attached hydrogens (primary N) is 1. The number of aromatic nitrogens is 4. The normalized spacial score (nSPS) is 10.8. The summed E-state index contributed by atoms with van der Waals surface area (Å²) in [6.07, 6.45) is 0. The molecule has 0 amide bonds. The number of hydrogen-bond acceptors (Lipinski definition) is 4. The number of benzene rings is 2. The summed E-state index contributed by atoms with van der Waals surface area (Å²) >= 11 is 9.42. The number of nitrogen functional groups attached to an aromatic ring is 1. The highest BCUT2D eigenvalue weighted by Crippen LogP contribution is 2.28. The van der Waals surface area contributed by atoms with Gasteiger partial charge in [-0.25, -0.2) is 4.39 Å². The minimum atomic E-state index is -0.426. The van der Waals surface area contributed by atoms with Gasteiger partial charge in [-0.1, -0.05) is 27.5 Å². The van der Waals surface area contributed by atoms with Crippen LogP contribution in [0.15, 0.2) is 40.9 Å². The van der Waals surface area contributed by atoms with Crippen LogP contribution in [0.1, 0.15) is 0 Å². The topological polar surface area (TPSA) is 69.6 Å². The van der Waals surface area contributed by atoms with Crippen LogP contribution < -0.4 is 5.73 Å². The first-order valence-corrected chi connectivity index (χ1v) is 7.02. The van der Waals surface area contributed by atoms with Crippen molar-refractivity contribution in [1.29, 1.82) is 0 Å². The van der Waals surface area contributed by atoms with E-state index in [2.05, 4.69) is 31.5 Å². The molecule has 0 radical (unpaired) electrons. The van der Waals surface area contributed by atoms with E-state index in [9.17, 15) is 4.39 Å². The van der Waals surface area contributed by atoms with E-state index < -0.39 is 5.82 Å². The minimum Gasteiger partial charge on any atom is -0.399 e. The third-order valence-electron chi connectivity index (χ3n) is 2.79. The Morgan fingerprint density at radius 3 is 2.71 bits per heavy atom. The van der Waals surface area contributed by atoms with Crippen molar-refractivity contribution in [2.75, 3.05) is 5.73 Å². The van der Waals surface area contributed by atoms with Crippen LogP contribution in [-0.2, 0) is 0 Å². The molecule has 0 aliphatic rings. The first-order valence-electron chi connectivity index (χ1n) is 5.85. The number of anilines is 1. The first-order chi connectivity index (χ1) is 10.0. The van der Waals surface area contributed by atoms with Crippen molar-refractivity contribution in [3.05, 3.63) is 51.7 Å². The summed E-state index contributed by atoms with van der Waals surface area (Å²) in [6, 6.07) is 9.35. The maximum atomic E-state index is 13.2. The van der Waals surface area contributed by atoms with Crippen LogP contribution in [0.3, 0.4) is 0 Å². The molecule has 5 nitrogen and oxygen atoms in total. The van der Waals surface area contributed by atoms with Crippen molar-refractivity contribution in [3.8, 4) is 17.1 Å². The van der Waals surface area contributed by atoms with Crippen molar-refractivity contribution in [2.24, 2.45) is 0 Å². The Labute approximate surface area is 132 Å². The second kappa shape index (κ2) is 5.42. The molecular formula is C13H8BrClFN5. The van der Waals surface area contributed by atoms with Crippen LogP contribution in [0, 0.1) is 5.82 Å². The van der Waals surface area contributed by atoms with Gasteiger partial charge in [-0.05, 0) is 46.8 Å². The molecule has 3 aromatic rings.